The van der Waals surface area contributed by atoms with Gasteiger partial charge in [-0.05, 0) is 43.0 Å². The molecule has 0 aliphatic heterocycles. The number of aromatic nitrogens is 1. The minimum Gasteiger partial charge on any atom is -0.393 e. The highest BCUT2D eigenvalue weighted by Gasteiger charge is 2.26. The largest absolute Gasteiger partial charge is 0.393 e. The summed E-state index contributed by atoms with van der Waals surface area (Å²) in [6, 6.07) is 7.72. The number of aliphatic hydroxyl groups excluding tert-OH is 1. The van der Waals surface area contributed by atoms with Crippen LogP contribution in [-0.4, -0.2) is 22.7 Å². The van der Waals surface area contributed by atoms with Gasteiger partial charge in [0.05, 0.1) is 11.6 Å². The average molecular weight is 263 g/mol. The smallest absolute Gasteiger partial charge is 0.0737 e. The second-order valence-electron chi connectivity index (χ2n) is 4.89. The van der Waals surface area contributed by atoms with Gasteiger partial charge < -0.3 is 10.4 Å². The van der Waals surface area contributed by atoms with E-state index in [9.17, 15) is 5.11 Å². The van der Waals surface area contributed by atoms with Gasteiger partial charge in [0.15, 0.2) is 0 Å². The number of hydrogen-bond donors (Lipinski definition) is 2. The number of fused-ring (bicyclic) bond motifs is 1. The lowest BCUT2D eigenvalue weighted by atomic mass is 9.82. The van der Waals surface area contributed by atoms with Crippen LogP contribution in [0.3, 0.4) is 0 Å². The van der Waals surface area contributed by atoms with Crippen molar-refractivity contribution in [3.05, 3.63) is 35.5 Å². The molecule has 1 aromatic carbocycles. The van der Waals surface area contributed by atoms with Crippen LogP contribution in [0.5, 0.6) is 0 Å². The zero-order valence-electron chi connectivity index (χ0n) is 9.94. The van der Waals surface area contributed by atoms with E-state index < -0.39 is 0 Å². The number of pyridine rings is 1. The third-order valence-corrected chi connectivity index (χ3v) is 3.73. The quantitative estimate of drug-likeness (QED) is 0.894. The zero-order valence-corrected chi connectivity index (χ0v) is 10.7. The van der Waals surface area contributed by atoms with Crippen LogP contribution in [0, 0.1) is 5.92 Å². The standard InChI is InChI=1S/C14H15ClN2O/c15-10-1-2-12-13(3-4-16-14(12)7-10)17-8-9-5-11(18)6-9/h1-4,7,9,11,18H,5-6,8H2,(H,16,17). The Morgan fingerprint density at radius 1 is 1.33 bits per heavy atom. The van der Waals surface area contributed by atoms with Gasteiger partial charge in [0.2, 0.25) is 0 Å². The maximum Gasteiger partial charge on any atom is 0.0737 e. The molecule has 0 radical (unpaired) electrons. The van der Waals surface area contributed by atoms with E-state index in [1.54, 1.807) is 6.20 Å². The van der Waals surface area contributed by atoms with Crippen LogP contribution in [0.15, 0.2) is 30.5 Å². The van der Waals surface area contributed by atoms with Crippen LogP contribution in [0.4, 0.5) is 5.69 Å². The van der Waals surface area contributed by atoms with E-state index in [1.807, 2.05) is 24.3 Å². The van der Waals surface area contributed by atoms with Crippen LogP contribution < -0.4 is 5.32 Å². The summed E-state index contributed by atoms with van der Waals surface area (Å²) in [6.45, 7) is 0.902. The van der Waals surface area contributed by atoms with Crippen molar-refractivity contribution in [2.45, 2.75) is 18.9 Å². The van der Waals surface area contributed by atoms with E-state index in [0.717, 1.165) is 36.0 Å². The van der Waals surface area contributed by atoms with Crippen LogP contribution >= 0.6 is 11.6 Å². The van der Waals surface area contributed by atoms with Crippen LogP contribution in [0.25, 0.3) is 10.9 Å². The van der Waals surface area contributed by atoms with Crippen molar-refractivity contribution in [2.75, 3.05) is 11.9 Å². The summed E-state index contributed by atoms with van der Waals surface area (Å²) >= 11 is 5.96. The van der Waals surface area contributed by atoms with E-state index in [1.165, 1.54) is 0 Å². The molecule has 4 heteroatoms. The first-order valence-electron chi connectivity index (χ1n) is 6.18. The van der Waals surface area contributed by atoms with E-state index in [2.05, 4.69) is 10.3 Å². The molecule has 0 saturated heterocycles. The van der Waals surface area contributed by atoms with Crippen molar-refractivity contribution in [1.29, 1.82) is 0 Å². The lowest BCUT2D eigenvalue weighted by Gasteiger charge is -2.31. The summed E-state index contributed by atoms with van der Waals surface area (Å²) < 4.78 is 0. The minimum atomic E-state index is -0.0928. The number of benzene rings is 1. The first kappa shape index (κ1) is 11.8. The Balaban J connectivity index is 1.79. The highest BCUT2D eigenvalue weighted by atomic mass is 35.5. The minimum absolute atomic E-state index is 0.0928. The molecule has 0 bridgehead atoms. The summed E-state index contributed by atoms with van der Waals surface area (Å²) in [5.74, 6) is 0.579. The molecule has 1 heterocycles. The Kier molecular flexibility index (Phi) is 3.10. The van der Waals surface area contributed by atoms with Crippen molar-refractivity contribution < 1.29 is 5.11 Å². The Bertz CT molecular complexity index is 567. The Hall–Kier alpha value is -1.32. The SMILES string of the molecule is OC1CC(CNc2ccnc3cc(Cl)ccc23)C1. The van der Waals surface area contributed by atoms with Gasteiger partial charge >= 0.3 is 0 Å². The van der Waals surface area contributed by atoms with Gasteiger partial charge in [-0.1, -0.05) is 11.6 Å². The fraction of sp³-hybridized carbons (Fsp3) is 0.357. The number of nitrogens with one attached hydrogen (secondary N) is 1. The third-order valence-electron chi connectivity index (χ3n) is 3.50. The molecule has 3 rings (SSSR count). The second-order valence-corrected chi connectivity index (χ2v) is 5.33. The highest BCUT2D eigenvalue weighted by Crippen LogP contribution is 2.29. The van der Waals surface area contributed by atoms with Gasteiger partial charge in [-0.2, -0.15) is 0 Å². The molecule has 1 aliphatic carbocycles. The average Bonchev–Trinajstić information content (AvgIpc) is 2.32. The summed E-state index contributed by atoms with van der Waals surface area (Å²) in [4.78, 5) is 4.31. The van der Waals surface area contributed by atoms with E-state index in [4.69, 9.17) is 11.6 Å². The van der Waals surface area contributed by atoms with Crippen LogP contribution in [0.1, 0.15) is 12.8 Å². The molecule has 2 N–H and O–H groups in total. The van der Waals surface area contributed by atoms with Gasteiger partial charge in [0.25, 0.3) is 0 Å². The van der Waals surface area contributed by atoms with E-state index >= 15 is 0 Å². The molecule has 0 unspecified atom stereocenters. The normalized spacial score (nSPS) is 22.8. The topological polar surface area (TPSA) is 45.1 Å². The summed E-state index contributed by atoms with van der Waals surface area (Å²) in [5.41, 5.74) is 1.99. The predicted molar refractivity (Wildman–Crippen MR) is 74.0 cm³/mol. The second kappa shape index (κ2) is 4.75. The van der Waals surface area contributed by atoms with E-state index in [0.29, 0.717) is 10.9 Å². The van der Waals surface area contributed by atoms with Crippen LogP contribution in [0.2, 0.25) is 5.02 Å². The molecule has 3 nitrogen and oxygen atoms in total. The highest BCUT2D eigenvalue weighted by molar-refractivity contribution is 6.31. The van der Waals surface area contributed by atoms with Gasteiger partial charge in [-0.15, -0.1) is 0 Å². The molecular formula is C14H15ClN2O. The Morgan fingerprint density at radius 3 is 2.94 bits per heavy atom. The summed E-state index contributed by atoms with van der Waals surface area (Å²) in [5, 5.41) is 14.5. The molecule has 1 saturated carbocycles. The maximum absolute atomic E-state index is 9.27. The molecule has 0 spiro atoms. The number of nitrogens with zero attached hydrogens (tertiary/aromatic N) is 1. The third kappa shape index (κ3) is 2.28. The molecule has 1 fully saturated rings. The molecule has 2 aromatic rings. The van der Waals surface area contributed by atoms with Gasteiger partial charge in [0, 0.05) is 28.8 Å². The number of hydrogen-bond acceptors (Lipinski definition) is 3. The summed E-state index contributed by atoms with van der Waals surface area (Å²) in [7, 11) is 0. The number of rotatable bonds is 3. The number of aliphatic hydroxyl groups is 1. The monoisotopic (exact) mass is 262 g/mol. The van der Waals surface area contributed by atoms with Crippen molar-refractivity contribution >= 4 is 28.2 Å². The predicted octanol–water partition coefficient (Wildman–Crippen LogP) is 3.07. The zero-order chi connectivity index (χ0) is 12.5. The Morgan fingerprint density at radius 2 is 2.17 bits per heavy atom. The Labute approximate surface area is 111 Å². The van der Waals surface area contributed by atoms with E-state index in [-0.39, 0.29) is 6.10 Å². The first-order chi connectivity index (χ1) is 8.72. The van der Waals surface area contributed by atoms with Gasteiger partial charge in [-0.3, -0.25) is 4.98 Å². The fourth-order valence-electron chi connectivity index (χ4n) is 2.40. The lowest BCUT2D eigenvalue weighted by molar-refractivity contribution is 0.0487. The van der Waals surface area contributed by atoms with Gasteiger partial charge in [-0.25, -0.2) is 0 Å². The molecule has 94 valence electrons. The fourth-order valence-corrected chi connectivity index (χ4v) is 2.56. The molecule has 18 heavy (non-hydrogen) atoms. The maximum atomic E-state index is 9.27. The van der Waals surface area contributed by atoms with Crippen LogP contribution in [-0.2, 0) is 0 Å². The number of halogens is 1. The number of anilines is 1. The molecular weight excluding hydrogens is 248 g/mol. The van der Waals surface area contributed by atoms with Crippen molar-refractivity contribution in [2.24, 2.45) is 5.92 Å². The van der Waals surface area contributed by atoms with Crippen molar-refractivity contribution in [3.63, 3.8) is 0 Å². The first-order valence-corrected chi connectivity index (χ1v) is 6.56. The van der Waals surface area contributed by atoms with Crippen molar-refractivity contribution in [3.8, 4) is 0 Å². The molecule has 0 atom stereocenters. The molecule has 1 aromatic heterocycles. The molecule has 0 amide bonds. The van der Waals surface area contributed by atoms with Crippen molar-refractivity contribution in [1.82, 2.24) is 4.98 Å². The molecule has 1 aliphatic rings. The van der Waals surface area contributed by atoms with Gasteiger partial charge in [0.1, 0.15) is 0 Å². The lowest BCUT2D eigenvalue weighted by Crippen LogP contribution is -2.33. The summed E-state index contributed by atoms with van der Waals surface area (Å²) in [6.07, 6.45) is 3.50.